The van der Waals surface area contributed by atoms with Crippen LogP contribution in [0.15, 0.2) is 24.7 Å². The van der Waals surface area contributed by atoms with Gasteiger partial charge in [-0.1, -0.05) is 0 Å². The number of nitrogens with zero attached hydrogens (tertiary/aromatic N) is 5. The van der Waals surface area contributed by atoms with Gasteiger partial charge in [0.2, 0.25) is 5.91 Å². The number of likely N-dealkylation sites (N-methyl/N-ethyl adjacent to an activating group) is 1. The molecule has 1 saturated heterocycles. The van der Waals surface area contributed by atoms with E-state index in [-0.39, 0.29) is 11.8 Å². The third-order valence-corrected chi connectivity index (χ3v) is 3.92. The molecule has 126 valence electrons. The number of amides is 1. The molecule has 3 heterocycles. The number of nitrogens with one attached hydrogen (secondary N) is 2. The number of likely N-dealkylation sites (tertiary alicyclic amines) is 1. The van der Waals surface area contributed by atoms with Gasteiger partial charge in [-0.3, -0.25) is 9.78 Å². The molecule has 1 aliphatic heterocycles. The summed E-state index contributed by atoms with van der Waals surface area (Å²) in [5.41, 5.74) is 0.881. The molecule has 8 nitrogen and oxygen atoms in total. The van der Waals surface area contributed by atoms with Gasteiger partial charge in [-0.05, 0) is 20.4 Å². The third-order valence-electron chi connectivity index (χ3n) is 3.92. The van der Waals surface area contributed by atoms with E-state index < -0.39 is 0 Å². The molecule has 0 aliphatic carbocycles. The Morgan fingerprint density at radius 2 is 2.21 bits per heavy atom. The zero-order valence-electron chi connectivity index (χ0n) is 13.9. The molecule has 1 fully saturated rings. The number of aryl methyl sites for hydroxylation is 1. The molecule has 2 N–H and O–H groups in total. The minimum Gasteiger partial charge on any atom is -0.341 e. The molecule has 8 heteroatoms. The lowest BCUT2D eigenvalue weighted by atomic mass is 10.1. The summed E-state index contributed by atoms with van der Waals surface area (Å²) in [6.07, 6.45) is 5.77. The minimum absolute atomic E-state index is 0.116. The Morgan fingerprint density at radius 3 is 2.96 bits per heavy atom. The molecular weight excluding hydrogens is 306 g/mol. The average molecular weight is 327 g/mol. The fourth-order valence-corrected chi connectivity index (χ4v) is 2.79. The van der Waals surface area contributed by atoms with Crippen molar-refractivity contribution in [2.75, 3.05) is 32.0 Å². The van der Waals surface area contributed by atoms with Crippen molar-refractivity contribution >= 4 is 17.5 Å². The molecular formula is C16H21N7O. The van der Waals surface area contributed by atoms with Crippen LogP contribution in [0.2, 0.25) is 0 Å². The van der Waals surface area contributed by atoms with Gasteiger partial charge < -0.3 is 15.5 Å². The second-order valence-corrected chi connectivity index (χ2v) is 5.82. The average Bonchev–Trinajstić information content (AvgIpc) is 3.06. The van der Waals surface area contributed by atoms with Gasteiger partial charge in [-0.15, -0.1) is 0 Å². The fourth-order valence-electron chi connectivity index (χ4n) is 2.79. The van der Waals surface area contributed by atoms with Gasteiger partial charge in [-0.25, -0.2) is 15.0 Å². The summed E-state index contributed by atoms with van der Waals surface area (Å²) in [4.78, 5) is 31.2. The highest BCUT2D eigenvalue weighted by atomic mass is 16.2. The lowest BCUT2D eigenvalue weighted by Crippen LogP contribution is -2.35. The SMILES string of the molecule is CNCC(=O)N1CC[C@@H](c2nc(C)cc(Nc3cnccn3)n2)C1. The topological polar surface area (TPSA) is 95.9 Å². The van der Waals surface area contributed by atoms with Gasteiger partial charge in [0.1, 0.15) is 17.5 Å². The maximum Gasteiger partial charge on any atom is 0.236 e. The molecule has 1 atom stereocenters. The van der Waals surface area contributed by atoms with Crippen molar-refractivity contribution in [2.45, 2.75) is 19.3 Å². The lowest BCUT2D eigenvalue weighted by Gasteiger charge is -2.16. The molecule has 0 bridgehead atoms. The van der Waals surface area contributed by atoms with Crippen molar-refractivity contribution in [3.8, 4) is 0 Å². The Bertz CT molecular complexity index is 707. The summed E-state index contributed by atoms with van der Waals surface area (Å²) in [5.74, 6) is 2.37. The first-order chi connectivity index (χ1) is 11.7. The second kappa shape index (κ2) is 7.31. The lowest BCUT2D eigenvalue weighted by molar-refractivity contribution is -0.129. The smallest absolute Gasteiger partial charge is 0.236 e. The summed E-state index contributed by atoms with van der Waals surface area (Å²) in [7, 11) is 1.78. The molecule has 0 saturated carbocycles. The van der Waals surface area contributed by atoms with E-state index in [0.717, 1.165) is 24.5 Å². The number of hydrogen-bond donors (Lipinski definition) is 2. The van der Waals surface area contributed by atoms with Gasteiger partial charge in [0.25, 0.3) is 0 Å². The van der Waals surface area contributed by atoms with Crippen molar-refractivity contribution in [1.82, 2.24) is 30.2 Å². The van der Waals surface area contributed by atoms with E-state index in [0.29, 0.717) is 24.7 Å². The number of carbonyl (C=O) groups is 1. The molecule has 1 aliphatic rings. The molecule has 0 aromatic carbocycles. The number of rotatable bonds is 5. The first-order valence-corrected chi connectivity index (χ1v) is 7.96. The van der Waals surface area contributed by atoms with Crippen LogP contribution < -0.4 is 10.6 Å². The Morgan fingerprint density at radius 1 is 1.33 bits per heavy atom. The van der Waals surface area contributed by atoms with Crippen LogP contribution in [0.3, 0.4) is 0 Å². The van der Waals surface area contributed by atoms with Crippen LogP contribution in [0.5, 0.6) is 0 Å². The summed E-state index contributed by atoms with van der Waals surface area (Å²) in [5, 5.41) is 6.05. The molecule has 0 unspecified atom stereocenters. The van der Waals surface area contributed by atoms with E-state index in [1.807, 2.05) is 17.9 Å². The molecule has 3 rings (SSSR count). The highest BCUT2D eigenvalue weighted by molar-refractivity contribution is 5.78. The summed E-state index contributed by atoms with van der Waals surface area (Å²) >= 11 is 0. The van der Waals surface area contributed by atoms with Crippen LogP contribution in [0.4, 0.5) is 11.6 Å². The second-order valence-electron chi connectivity index (χ2n) is 5.82. The van der Waals surface area contributed by atoms with Crippen LogP contribution in [0, 0.1) is 6.92 Å². The van der Waals surface area contributed by atoms with Crippen LogP contribution in [-0.4, -0.2) is 57.4 Å². The summed E-state index contributed by atoms with van der Waals surface area (Å²) in [6, 6.07) is 1.87. The first-order valence-electron chi connectivity index (χ1n) is 7.96. The number of carbonyl (C=O) groups excluding carboxylic acids is 1. The zero-order chi connectivity index (χ0) is 16.9. The standard InChI is InChI=1S/C16H21N7O/c1-11-7-13(21-14-8-18-4-5-19-14)22-16(20-11)12-3-6-23(10-12)15(24)9-17-2/h4-5,7-8,12,17H,3,6,9-10H2,1-2H3,(H,19,20,21,22)/t12-/m1/s1. The molecule has 1 amide bonds. The predicted molar refractivity (Wildman–Crippen MR) is 89.9 cm³/mol. The first kappa shape index (κ1) is 16.3. The monoisotopic (exact) mass is 327 g/mol. The highest BCUT2D eigenvalue weighted by Gasteiger charge is 2.29. The van der Waals surface area contributed by atoms with E-state index >= 15 is 0 Å². The van der Waals surface area contributed by atoms with Crippen molar-refractivity contribution in [3.63, 3.8) is 0 Å². The molecule has 24 heavy (non-hydrogen) atoms. The maximum absolute atomic E-state index is 12.0. The van der Waals surface area contributed by atoms with Crippen molar-refractivity contribution < 1.29 is 4.79 Å². The van der Waals surface area contributed by atoms with Gasteiger partial charge >= 0.3 is 0 Å². The van der Waals surface area contributed by atoms with Crippen LogP contribution >= 0.6 is 0 Å². The fraction of sp³-hybridized carbons (Fsp3) is 0.438. The van der Waals surface area contributed by atoms with Crippen LogP contribution in [0.25, 0.3) is 0 Å². The normalized spacial score (nSPS) is 17.1. The zero-order valence-corrected chi connectivity index (χ0v) is 13.9. The molecule has 0 spiro atoms. The Kier molecular flexibility index (Phi) is 4.95. The van der Waals surface area contributed by atoms with E-state index in [1.165, 1.54) is 0 Å². The summed E-state index contributed by atoms with van der Waals surface area (Å²) in [6.45, 7) is 3.71. The Hall–Kier alpha value is -2.61. The van der Waals surface area contributed by atoms with E-state index in [2.05, 4.69) is 30.6 Å². The largest absolute Gasteiger partial charge is 0.341 e. The number of aromatic nitrogens is 4. The van der Waals surface area contributed by atoms with E-state index in [1.54, 1.807) is 25.6 Å². The van der Waals surface area contributed by atoms with Crippen molar-refractivity contribution in [2.24, 2.45) is 0 Å². The van der Waals surface area contributed by atoms with Gasteiger partial charge in [0.15, 0.2) is 0 Å². The molecule has 2 aromatic heterocycles. The molecule has 0 radical (unpaired) electrons. The third kappa shape index (κ3) is 3.83. The van der Waals surface area contributed by atoms with Crippen molar-refractivity contribution in [1.29, 1.82) is 0 Å². The highest BCUT2D eigenvalue weighted by Crippen LogP contribution is 2.26. The van der Waals surface area contributed by atoms with E-state index in [9.17, 15) is 4.79 Å². The van der Waals surface area contributed by atoms with Gasteiger partial charge in [0.05, 0.1) is 12.7 Å². The Balaban J connectivity index is 1.73. The number of hydrogen-bond acceptors (Lipinski definition) is 7. The van der Waals surface area contributed by atoms with E-state index in [4.69, 9.17) is 0 Å². The maximum atomic E-state index is 12.0. The van der Waals surface area contributed by atoms with Crippen molar-refractivity contribution in [3.05, 3.63) is 36.2 Å². The Labute approximate surface area is 140 Å². The predicted octanol–water partition coefficient (Wildman–Crippen LogP) is 0.854. The molecule has 2 aromatic rings. The number of anilines is 2. The van der Waals surface area contributed by atoms with Crippen LogP contribution in [-0.2, 0) is 4.79 Å². The summed E-state index contributed by atoms with van der Waals surface area (Å²) < 4.78 is 0. The minimum atomic E-state index is 0.116. The quantitative estimate of drug-likeness (QED) is 0.840. The van der Waals surface area contributed by atoms with Crippen LogP contribution in [0.1, 0.15) is 23.9 Å². The van der Waals surface area contributed by atoms with Gasteiger partial charge in [-0.2, -0.15) is 0 Å². The van der Waals surface area contributed by atoms with Gasteiger partial charge in [0, 0.05) is 43.2 Å².